The normalized spacial score (nSPS) is 11.0. The van der Waals surface area contributed by atoms with Crippen molar-refractivity contribution in [3.05, 3.63) is 60.2 Å². The number of nitrogens with zero attached hydrogens (tertiary/aromatic N) is 1. The summed E-state index contributed by atoms with van der Waals surface area (Å²) in [6.07, 6.45) is -0.488. The van der Waals surface area contributed by atoms with Gasteiger partial charge < -0.3 is 10.1 Å². The largest absolute Gasteiger partial charge is 0.444 e. The van der Waals surface area contributed by atoms with Gasteiger partial charge in [-0.3, -0.25) is 9.69 Å². The molecule has 2 aromatic rings. The predicted molar refractivity (Wildman–Crippen MR) is 115 cm³/mol. The Hall–Kier alpha value is -2.47. The average molecular weight is 401 g/mol. The Kier molecular flexibility index (Phi) is 7.93. The van der Waals surface area contributed by atoms with E-state index in [1.807, 2.05) is 49.4 Å². The van der Waals surface area contributed by atoms with E-state index >= 15 is 0 Å². The van der Waals surface area contributed by atoms with Gasteiger partial charge in [-0.15, -0.1) is 11.8 Å². The number of likely N-dealkylation sites (N-methyl/N-ethyl adjacent to an activating group) is 1. The highest BCUT2D eigenvalue weighted by Crippen LogP contribution is 2.24. The second-order valence-corrected chi connectivity index (χ2v) is 8.39. The number of carbonyl (C=O) groups excluding carboxylic acids is 2. The van der Waals surface area contributed by atoms with Gasteiger partial charge in [0.2, 0.25) is 5.91 Å². The third kappa shape index (κ3) is 7.64. The summed E-state index contributed by atoms with van der Waals surface area (Å²) in [6, 6.07) is 18.0. The van der Waals surface area contributed by atoms with Gasteiger partial charge >= 0.3 is 6.09 Å². The first kappa shape index (κ1) is 21.8. The molecule has 0 aliphatic carbocycles. The molecule has 28 heavy (non-hydrogen) atoms. The van der Waals surface area contributed by atoms with Crippen molar-refractivity contribution >= 4 is 29.4 Å². The molecule has 0 aliphatic heterocycles. The minimum Gasteiger partial charge on any atom is -0.444 e. The fourth-order valence-electron chi connectivity index (χ4n) is 2.38. The number of rotatable bonds is 7. The van der Waals surface area contributed by atoms with Gasteiger partial charge in [0, 0.05) is 22.9 Å². The zero-order chi connectivity index (χ0) is 20.6. The smallest absolute Gasteiger partial charge is 0.410 e. The Morgan fingerprint density at radius 3 is 2.25 bits per heavy atom. The molecule has 0 bridgehead atoms. The molecule has 2 amide bonds. The van der Waals surface area contributed by atoms with Crippen LogP contribution in [-0.4, -0.2) is 35.6 Å². The van der Waals surface area contributed by atoms with Crippen molar-refractivity contribution in [1.82, 2.24) is 4.90 Å². The number of ether oxygens (including phenoxy) is 1. The first-order chi connectivity index (χ1) is 13.3. The molecule has 0 unspecified atom stereocenters. The number of hydrogen-bond donors (Lipinski definition) is 1. The van der Waals surface area contributed by atoms with Crippen LogP contribution in [0.4, 0.5) is 10.5 Å². The second kappa shape index (κ2) is 10.2. The van der Waals surface area contributed by atoms with E-state index in [1.54, 1.807) is 32.5 Å². The van der Waals surface area contributed by atoms with Crippen molar-refractivity contribution in [2.75, 3.05) is 18.4 Å². The van der Waals surface area contributed by atoms with Crippen LogP contribution in [0.5, 0.6) is 0 Å². The van der Waals surface area contributed by atoms with Gasteiger partial charge in [-0.05, 0) is 57.5 Å². The fraction of sp³-hybridized carbons (Fsp3) is 0.364. The summed E-state index contributed by atoms with van der Waals surface area (Å²) < 4.78 is 5.33. The van der Waals surface area contributed by atoms with E-state index in [2.05, 4.69) is 17.4 Å². The molecule has 0 saturated heterocycles. The van der Waals surface area contributed by atoms with E-state index in [1.165, 1.54) is 10.5 Å². The molecular formula is C22H28N2O3S. The Morgan fingerprint density at radius 1 is 1.04 bits per heavy atom. The summed E-state index contributed by atoms with van der Waals surface area (Å²) in [5.74, 6) is 0.644. The lowest BCUT2D eigenvalue weighted by molar-refractivity contribution is -0.117. The van der Waals surface area contributed by atoms with E-state index in [-0.39, 0.29) is 12.5 Å². The number of nitrogens with one attached hydrogen (secondary N) is 1. The van der Waals surface area contributed by atoms with Crippen molar-refractivity contribution in [3.8, 4) is 0 Å². The van der Waals surface area contributed by atoms with Crippen LogP contribution in [0.15, 0.2) is 59.5 Å². The number of anilines is 1. The third-order valence-corrected chi connectivity index (χ3v) is 4.84. The minimum atomic E-state index is -0.589. The van der Waals surface area contributed by atoms with Crippen LogP contribution in [0.1, 0.15) is 33.3 Å². The third-order valence-electron chi connectivity index (χ3n) is 3.75. The molecule has 2 rings (SSSR count). The standard InChI is InChI=1S/C22H28N2O3S/c1-5-24(21(26)27-22(2,3)4)15-20(25)23-18-11-13-19(14-12-18)28-16-17-9-7-6-8-10-17/h6-14H,5,15-16H2,1-4H3,(H,23,25). The molecule has 0 heterocycles. The van der Waals surface area contributed by atoms with Crippen LogP contribution in [-0.2, 0) is 15.3 Å². The van der Waals surface area contributed by atoms with Crippen LogP contribution >= 0.6 is 11.8 Å². The maximum absolute atomic E-state index is 12.3. The van der Waals surface area contributed by atoms with Crippen LogP contribution in [0.3, 0.4) is 0 Å². The predicted octanol–water partition coefficient (Wildman–Crippen LogP) is 5.17. The van der Waals surface area contributed by atoms with Gasteiger partial charge in [0.25, 0.3) is 0 Å². The lowest BCUT2D eigenvalue weighted by Gasteiger charge is -2.26. The lowest BCUT2D eigenvalue weighted by atomic mass is 10.2. The number of thioether (sulfide) groups is 1. The summed E-state index contributed by atoms with van der Waals surface area (Å²) in [5, 5.41) is 2.83. The molecule has 0 aliphatic rings. The van der Waals surface area contributed by atoms with Crippen molar-refractivity contribution in [2.24, 2.45) is 0 Å². The molecular weight excluding hydrogens is 372 g/mol. The summed E-state index contributed by atoms with van der Waals surface area (Å²) in [7, 11) is 0. The molecule has 1 N–H and O–H groups in total. The first-order valence-electron chi connectivity index (χ1n) is 9.31. The van der Waals surface area contributed by atoms with Gasteiger partial charge in [-0.2, -0.15) is 0 Å². The highest BCUT2D eigenvalue weighted by molar-refractivity contribution is 7.98. The summed E-state index contributed by atoms with van der Waals surface area (Å²) >= 11 is 1.74. The molecule has 150 valence electrons. The number of carbonyl (C=O) groups is 2. The molecule has 0 aromatic heterocycles. The number of hydrogen-bond acceptors (Lipinski definition) is 4. The maximum atomic E-state index is 12.3. The van der Waals surface area contributed by atoms with E-state index < -0.39 is 11.7 Å². The van der Waals surface area contributed by atoms with Crippen LogP contribution in [0, 0.1) is 0 Å². The number of benzene rings is 2. The van der Waals surface area contributed by atoms with E-state index in [4.69, 9.17) is 4.74 Å². The summed E-state index contributed by atoms with van der Waals surface area (Å²) in [5.41, 5.74) is 1.38. The van der Waals surface area contributed by atoms with Crippen LogP contribution in [0.2, 0.25) is 0 Å². The molecule has 5 nitrogen and oxygen atoms in total. The monoisotopic (exact) mass is 400 g/mol. The molecule has 0 atom stereocenters. The summed E-state index contributed by atoms with van der Waals surface area (Å²) in [6.45, 7) is 7.58. The molecule has 2 aromatic carbocycles. The topological polar surface area (TPSA) is 58.6 Å². The summed E-state index contributed by atoms with van der Waals surface area (Å²) in [4.78, 5) is 26.9. The van der Waals surface area contributed by atoms with Crippen LogP contribution in [0.25, 0.3) is 0 Å². The van der Waals surface area contributed by atoms with Gasteiger partial charge in [0.1, 0.15) is 12.1 Å². The van der Waals surface area contributed by atoms with E-state index in [0.29, 0.717) is 12.2 Å². The molecule has 0 radical (unpaired) electrons. The Bertz CT molecular complexity index is 771. The van der Waals surface area contributed by atoms with Crippen LogP contribution < -0.4 is 5.32 Å². The minimum absolute atomic E-state index is 0.0457. The van der Waals surface area contributed by atoms with Crippen molar-refractivity contribution < 1.29 is 14.3 Å². The van der Waals surface area contributed by atoms with Gasteiger partial charge in [0.05, 0.1) is 0 Å². The van der Waals surface area contributed by atoms with Gasteiger partial charge in [-0.1, -0.05) is 30.3 Å². The number of amides is 2. The molecule has 0 fully saturated rings. The SMILES string of the molecule is CCN(CC(=O)Nc1ccc(SCc2ccccc2)cc1)C(=O)OC(C)(C)C. The van der Waals surface area contributed by atoms with E-state index in [0.717, 1.165) is 10.6 Å². The Balaban J connectivity index is 1.85. The zero-order valence-electron chi connectivity index (χ0n) is 16.9. The van der Waals surface area contributed by atoms with Crippen molar-refractivity contribution in [2.45, 2.75) is 43.9 Å². The van der Waals surface area contributed by atoms with E-state index in [9.17, 15) is 9.59 Å². The molecule has 0 saturated carbocycles. The quantitative estimate of drug-likeness (QED) is 0.651. The second-order valence-electron chi connectivity index (χ2n) is 7.34. The first-order valence-corrected chi connectivity index (χ1v) is 10.3. The zero-order valence-corrected chi connectivity index (χ0v) is 17.7. The van der Waals surface area contributed by atoms with Gasteiger partial charge in [0.15, 0.2) is 0 Å². The highest BCUT2D eigenvalue weighted by Gasteiger charge is 2.22. The molecule has 0 spiro atoms. The Labute approximate surface area is 171 Å². The molecule has 6 heteroatoms. The highest BCUT2D eigenvalue weighted by atomic mass is 32.2. The van der Waals surface area contributed by atoms with Crippen molar-refractivity contribution in [3.63, 3.8) is 0 Å². The van der Waals surface area contributed by atoms with Gasteiger partial charge in [-0.25, -0.2) is 4.79 Å². The fourth-order valence-corrected chi connectivity index (χ4v) is 3.24. The average Bonchev–Trinajstić information content (AvgIpc) is 2.65. The van der Waals surface area contributed by atoms with Crippen molar-refractivity contribution in [1.29, 1.82) is 0 Å². The maximum Gasteiger partial charge on any atom is 0.410 e. The Morgan fingerprint density at radius 2 is 1.68 bits per heavy atom. The lowest BCUT2D eigenvalue weighted by Crippen LogP contribution is -2.41.